The number of hydrogen-bond acceptors (Lipinski definition) is 5. The van der Waals surface area contributed by atoms with Crippen molar-refractivity contribution < 1.29 is 19.2 Å². The third kappa shape index (κ3) is 2.04. The van der Waals surface area contributed by atoms with Crippen LogP contribution in [0.4, 0.5) is 0 Å². The molecule has 0 unspecified atom stereocenters. The van der Waals surface area contributed by atoms with Gasteiger partial charge in [0.25, 0.3) is 0 Å². The second-order valence-corrected chi connectivity index (χ2v) is 1.84. The third-order valence-electron chi connectivity index (χ3n) is 1.01. The molecule has 0 aliphatic heterocycles. The fourth-order valence-corrected chi connectivity index (χ4v) is 0.505. The lowest BCUT2D eigenvalue weighted by Crippen LogP contribution is -2.30. The molecule has 1 aromatic rings. The largest absolute Gasteiger partial charge is 0.474 e. The number of carbonyl (C=O) groups is 2. The van der Waals surface area contributed by atoms with Gasteiger partial charge in [0.15, 0.2) is 5.82 Å². The molecule has 7 nitrogen and oxygen atoms in total. The van der Waals surface area contributed by atoms with E-state index >= 15 is 0 Å². The first-order valence-electron chi connectivity index (χ1n) is 2.96. The smallest absolute Gasteiger partial charge is 0.394 e. The van der Waals surface area contributed by atoms with Crippen molar-refractivity contribution in [2.45, 2.75) is 6.54 Å². The van der Waals surface area contributed by atoms with E-state index in [1.807, 2.05) is 0 Å². The maximum Gasteiger partial charge on any atom is 0.394 e. The van der Waals surface area contributed by atoms with E-state index in [0.29, 0.717) is 0 Å². The molecule has 7 heteroatoms. The van der Waals surface area contributed by atoms with Gasteiger partial charge in [0.2, 0.25) is 6.39 Å². The quantitative estimate of drug-likeness (QED) is 0.539. The Balaban J connectivity index is 2.37. The molecule has 12 heavy (non-hydrogen) atoms. The maximum atomic E-state index is 10.4. The minimum atomic E-state index is -1.54. The van der Waals surface area contributed by atoms with Crippen LogP contribution in [-0.2, 0) is 16.1 Å². The fourth-order valence-electron chi connectivity index (χ4n) is 0.505. The molecule has 0 aliphatic rings. The summed E-state index contributed by atoms with van der Waals surface area (Å²) in [5, 5.41) is 13.5. The molecule has 0 saturated heterocycles. The zero-order valence-electron chi connectivity index (χ0n) is 5.85. The van der Waals surface area contributed by atoms with Crippen molar-refractivity contribution in [3.63, 3.8) is 0 Å². The molecule has 1 aromatic heterocycles. The summed E-state index contributed by atoms with van der Waals surface area (Å²) in [5.74, 6) is -2.41. The van der Waals surface area contributed by atoms with Gasteiger partial charge in [0.05, 0.1) is 6.54 Å². The van der Waals surface area contributed by atoms with Gasteiger partial charge in [-0.2, -0.15) is 4.98 Å². The predicted molar refractivity (Wildman–Crippen MR) is 33.8 cm³/mol. The van der Waals surface area contributed by atoms with Gasteiger partial charge in [-0.05, 0) is 0 Å². The first-order chi connectivity index (χ1) is 5.70. The number of rotatable bonds is 2. The molecule has 64 valence electrons. The van der Waals surface area contributed by atoms with E-state index in [2.05, 4.69) is 20.0 Å². The summed E-state index contributed by atoms with van der Waals surface area (Å²) in [6.45, 7) is -0.0539. The van der Waals surface area contributed by atoms with Crippen LogP contribution in [0.1, 0.15) is 5.82 Å². The number of carboxylic acids is 1. The molecule has 0 aromatic carbocycles. The monoisotopic (exact) mass is 171 g/mol. The molecule has 0 spiro atoms. The lowest BCUT2D eigenvalue weighted by atomic mass is 10.5. The van der Waals surface area contributed by atoms with Crippen LogP contribution in [0.25, 0.3) is 0 Å². The van der Waals surface area contributed by atoms with Crippen LogP contribution < -0.4 is 5.32 Å². The van der Waals surface area contributed by atoms with Crippen LogP contribution in [0.3, 0.4) is 0 Å². The van der Waals surface area contributed by atoms with Gasteiger partial charge in [0.1, 0.15) is 0 Å². The summed E-state index contributed by atoms with van der Waals surface area (Å²) in [6, 6.07) is 0. The molecule has 0 fully saturated rings. The van der Waals surface area contributed by atoms with Crippen molar-refractivity contribution in [1.29, 1.82) is 0 Å². The lowest BCUT2D eigenvalue weighted by molar-refractivity contribution is -0.150. The summed E-state index contributed by atoms with van der Waals surface area (Å²) in [6.07, 6.45) is 1.09. The Morgan fingerprint density at radius 2 is 2.42 bits per heavy atom. The summed E-state index contributed by atoms with van der Waals surface area (Å²) in [5.41, 5.74) is 0. The fraction of sp³-hybridized carbons (Fsp3) is 0.200. The van der Waals surface area contributed by atoms with Gasteiger partial charge in [-0.15, -0.1) is 0 Å². The van der Waals surface area contributed by atoms with Crippen molar-refractivity contribution in [3.8, 4) is 0 Å². The van der Waals surface area contributed by atoms with E-state index in [9.17, 15) is 9.59 Å². The highest BCUT2D eigenvalue weighted by atomic mass is 16.5. The Kier molecular flexibility index (Phi) is 2.36. The predicted octanol–water partition coefficient (Wildman–Crippen LogP) is -1.23. The summed E-state index contributed by atoms with van der Waals surface area (Å²) < 4.78 is 4.35. The zero-order valence-corrected chi connectivity index (χ0v) is 5.85. The standard InChI is InChI=1S/C5H5N3O4/c9-4(5(10)11)6-1-3-7-2-12-8-3/h2H,1H2,(H,6,9)(H,10,11). The molecule has 0 radical (unpaired) electrons. The highest BCUT2D eigenvalue weighted by Crippen LogP contribution is 1.85. The summed E-state index contributed by atoms with van der Waals surface area (Å²) in [7, 11) is 0. The van der Waals surface area contributed by atoms with Crippen molar-refractivity contribution in [2.24, 2.45) is 0 Å². The van der Waals surface area contributed by atoms with E-state index in [0.717, 1.165) is 6.39 Å². The Morgan fingerprint density at radius 1 is 1.67 bits per heavy atom. The number of nitrogens with zero attached hydrogens (tertiary/aromatic N) is 2. The van der Waals surface area contributed by atoms with Crippen molar-refractivity contribution in [1.82, 2.24) is 15.5 Å². The number of amides is 1. The molecule has 0 atom stereocenters. The molecule has 1 amide bonds. The topological polar surface area (TPSA) is 105 Å². The molecule has 1 rings (SSSR count). The summed E-state index contributed by atoms with van der Waals surface area (Å²) in [4.78, 5) is 24.0. The molecular formula is C5H5N3O4. The number of aromatic nitrogens is 2. The van der Waals surface area contributed by atoms with Crippen LogP contribution in [0.5, 0.6) is 0 Å². The first kappa shape index (κ1) is 8.18. The minimum absolute atomic E-state index is 0.0539. The minimum Gasteiger partial charge on any atom is -0.474 e. The van der Waals surface area contributed by atoms with Gasteiger partial charge in [-0.3, -0.25) is 4.79 Å². The first-order valence-corrected chi connectivity index (χ1v) is 2.96. The number of aliphatic carboxylic acids is 1. The van der Waals surface area contributed by atoms with E-state index in [-0.39, 0.29) is 12.4 Å². The van der Waals surface area contributed by atoms with E-state index in [1.54, 1.807) is 0 Å². The average molecular weight is 171 g/mol. The number of hydrogen-bond donors (Lipinski definition) is 2. The van der Waals surface area contributed by atoms with Crippen molar-refractivity contribution in [2.75, 3.05) is 0 Å². The number of carbonyl (C=O) groups excluding carboxylic acids is 1. The number of nitrogens with one attached hydrogen (secondary N) is 1. The zero-order chi connectivity index (χ0) is 8.97. The van der Waals surface area contributed by atoms with Gasteiger partial charge < -0.3 is 14.9 Å². The molecular weight excluding hydrogens is 166 g/mol. The van der Waals surface area contributed by atoms with E-state index < -0.39 is 11.9 Å². The van der Waals surface area contributed by atoms with Gasteiger partial charge >= 0.3 is 11.9 Å². The molecule has 1 heterocycles. The third-order valence-corrected chi connectivity index (χ3v) is 1.01. The highest BCUT2D eigenvalue weighted by Gasteiger charge is 2.10. The maximum absolute atomic E-state index is 10.4. The van der Waals surface area contributed by atoms with Gasteiger partial charge in [-0.25, -0.2) is 4.79 Å². The molecule has 0 aliphatic carbocycles. The second-order valence-electron chi connectivity index (χ2n) is 1.84. The van der Waals surface area contributed by atoms with Gasteiger partial charge in [0, 0.05) is 0 Å². The Bertz CT molecular complexity index is 281. The average Bonchev–Trinajstić information content (AvgIpc) is 2.51. The lowest BCUT2D eigenvalue weighted by Gasteiger charge is -1.94. The summed E-state index contributed by atoms with van der Waals surface area (Å²) >= 11 is 0. The van der Waals surface area contributed by atoms with Crippen LogP contribution in [0.15, 0.2) is 10.9 Å². The SMILES string of the molecule is O=C(O)C(=O)NCc1ncon1. The van der Waals surface area contributed by atoms with E-state index in [4.69, 9.17) is 5.11 Å². The van der Waals surface area contributed by atoms with Crippen molar-refractivity contribution in [3.05, 3.63) is 12.2 Å². The Labute approximate surface area is 66.4 Å². The molecule has 0 bridgehead atoms. The second kappa shape index (κ2) is 3.46. The highest BCUT2D eigenvalue weighted by molar-refractivity contribution is 6.31. The molecule has 0 saturated carbocycles. The Hall–Kier alpha value is -1.92. The number of carboxylic acid groups (broad SMARTS) is 1. The van der Waals surface area contributed by atoms with Gasteiger partial charge in [-0.1, -0.05) is 5.16 Å². The van der Waals surface area contributed by atoms with Crippen LogP contribution in [-0.4, -0.2) is 27.1 Å². The molecule has 2 N–H and O–H groups in total. The van der Waals surface area contributed by atoms with Crippen LogP contribution in [0, 0.1) is 0 Å². The van der Waals surface area contributed by atoms with Crippen molar-refractivity contribution >= 4 is 11.9 Å². The Morgan fingerprint density at radius 3 is 2.92 bits per heavy atom. The van der Waals surface area contributed by atoms with E-state index in [1.165, 1.54) is 0 Å². The normalized spacial score (nSPS) is 9.33. The van der Waals surface area contributed by atoms with Crippen LogP contribution >= 0.6 is 0 Å². The van der Waals surface area contributed by atoms with Crippen LogP contribution in [0.2, 0.25) is 0 Å².